The number of nitrogens with zero attached hydrogens (tertiary/aromatic N) is 4. The number of fused-ring (bicyclic) bond motifs is 2. The molecule has 1 aromatic carbocycles. The van der Waals surface area contributed by atoms with E-state index in [0.717, 1.165) is 72.0 Å². The Bertz CT molecular complexity index is 1160. The van der Waals surface area contributed by atoms with Crippen LogP contribution in [0, 0.1) is 0 Å². The van der Waals surface area contributed by atoms with Gasteiger partial charge in [0, 0.05) is 55.3 Å². The molecule has 1 aliphatic heterocycles. The molecule has 1 fully saturated rings. The fourth-order valence-electron chi connectivity index (χ4n) is 4.47. The standard InChI is InChI=1S/C23H28N6O/c1-28-20-6-5-16(13-17(20)14-27-28)19-15-26-23-18(7-10-25-23)22(19)29-11-4-2-3-9-24-21(30)8-12-29/h5-7,10,13-15,21,24,30H,2-4,8-9,11-12H2,1H3,(H,25,26). The molecule has 0 spiro atoms. The lowest BCUT2D eigenvalue weighted by atomic mass is 10.0. The number of aromatic amines is 1. The molecule has 0 amide bonds. The lowest BCUT2D eigenvalue weighted by molar-refractivity contribution is 0.128. The predicted molar refractivity (Wildman–Crippen MR) is 120 cm³/mol. The molecule has 4 aromatic rings. The second kappa shape index (κ2) is 8.08. The molecule has 7 heteroatoms. The minimum atomic E-state index is -0.468. The summed E-state index contributed by atoms with van der Waals surface area (Å²) in [5, 5.41) is 20.2. The molecule has 1 saturated heterocycles. The molecule has 30 heavy (non-hydrogen) atoms. The lowest BCUT2D eigenvalue weighted by Gasteiger charge is -2.30. The van der Waals surface area contributed by atoms with Gasteiger partial charge in [-0.2, -0.15) is 5.10 Å². The molecule has 0 radical (unpaired) electrons. The van der Waals surface area contributed by atoms with Gasteiger partial charge >= 0.3 is 0 Å². The van der Waals surface area contributed by atoms with Crippen molar-refractivity contribution in [1.29, 1.82) is 0 Å². The van der Waals surface area contributed by atoms with E-state index in [9.17, 15) is 5.11 Å². The van der Waals surface area contributed by atoms with Crippen molar-refractivity contribution in [2.24, 2.45) is 7.05 Å². The third-order valence-electron chi connectivity index (χ3n) is 6.09. The van der Waals surface area contributed by atoms with E-state index < -0.39 is 6.23 Å². The van der Waals surface area contributed by atoms with Crippen LogP contribution < -0.4 is 10.2 Å². The Labute approximate surface area is 175 Å². The molecule has 0 bridgehead atoms. The van der Waals surface area contributed by atoms with Crippen molar-refractivity contribution in [3.8, 4) is 11.1 Å². The number of hydrogen-bond donors (Lipinski definition) is 3. The maximum atomic E-state index is 10.3. The zero-order valence-corrected chi connectivity index (χ0v) is 17.3. The first-order chi connectivity index (χ1) is 14.7. The number of anilines is 1. The summed E-state index contributed by atoms with van der Waals surface area (Å²) in [6.45, 7) is 2.65. The van der Waals surface area contributed by atoms with Crippen LogP contribution in [0.1, 0.15) is 25.7 Å². The SMILES string of the molecule is Cn1ncc2cc(-c3cnc4[nH]ccc4c3N3CCCCCNC(O)CC3)ccc21. The van der Waals surface area contributed by atoms with Crippen molar-refractivity contribution >= 4 is 27.6 Å². The van der Waals surface area contributed by atoms with Gasteiger partial charge in [-0.05, 0) is 43.1 Å². The van der Waals surface area contributed by atoms with Crippen LogP contribution in [0.4, 0.5) is 5.69 Å². The van der Waals surface area contributed by atoms with Crippen molar-refractivity contribution in [2.45, 2.75) is 31.9 Å². The monoisotopic (exact) mass is 404 g/mol. The molecule has 156 valence electrons. The molecule has 1 unspecified atom stereocenters. The first kappa shape index (κ1) is 19.1. The fourth-order valence-corrected chi connectivity index (χ4v) is 4.47. The Balaban J connectivity index is 1.62. The van der Waals surface area contributed by atoms with Gasteiger partial charge in [-0.1, -0.05) is 12.5 Å². The highest BCUT2D eigenvalue weighted by Crippen LogP contribution is 2.37. The zero-order valence-electron chi connectivity index (χ0n) is 17.3. The summed E-state index contributed by atoms with van der Waals surface area (Å²) in [4.78, 5) is 10.4. The van der Waals surface area contributed by atoms with E-state index in [1.807, 2.05) is 30.3 Å². The largest absolute Gasteiger partial charge is 0.379 e. The molecule has 5 rings (SSSR count). The van der Waals surface area contributed by atoms with E-state index in [1.165, 1.54) is 5.69 Å². The van der Waals surface area contributed by atoms with Gasteiger partial charge in [-0.25, -0.2) is 4.98 Å². The van der Waals surface area contributed by atoms with Gasteiger partial charge in [-0.15, -0.1) is 0 Å². The Morgan fingerprint density at radius 3 is 2.97 bits per heavy atom. The van der Waals surface area contributed by atoms with E-state index in [4.69, 9.17) is 0 Å². The lowest BCUT2D eigenvalue weighted by Crippen LogP contribution is -2.36. The van der Waals surface area contributed by atoms with E-state index in [1.54, 1.807) is 0 Å². The van der Waals surface area contributed by atoms with Crippen LogP contribution in [0.25, 0.3) is 33.1 Å². The molecule has 3 aromatic heterocycles. The molecule has 0 aliphatic carbocycles. The Hall–Kier alpha value is -2.90. The Kier molecular flexibility index (Phi) is 5.14. The average Bonchev–Trinajstić information content (AvgIpc) is 3.39. The number of aryl methyl sites for hydroxylation is 1. The van der Waals surface area contributed by atoms with Crippen molar-refractivity contribution in [2.75, 3.05) is 24.5 Å². The van der Waals surface area contributed by atoms with E-state index in [-0.39, 0.29) is 0 Å². The number of rotatable bonds is 2. The van der Waals surface area contributed by atoms with Crippen LogP contribution in [0.3, 0.4) is 0 Å². The summed E-state index contributed by atoms with van der Waals surface area (Å²) in [5.41, 5.74) is 5.46. The Morgan fingerprint density at radius 1 is 1.10 bits per heavy atom. The average molecular weight is 405 g/mol. The number of nitrogens with one attached hydrogen (secondary N) is 2. The van der Waals surface area contributed by atoms with Crippen molar-refractivity contribution in [1.82, 2.24) is 25.1 Å². The molecule has 4 heterocycles. The first-order valence-corrected chi connectivity index (χ1v) is 10.8. The van der Waals surface area contributed by atoms with Crippen molar-refractivity contribution < 1.29 is 5.11 Å². The van der Waals surface area contributed by atoms with Crippen LogP contribution in [-0.4, -0.2) is 50.7 Å². The highest BCUT2D eigenvalue weighted by atomic mass is 16.3. The number of aromatic nitrogens is 4. The fraction of sp³-hybridized carbons (Fsp3) is 0.391. The van der Waals surface area contributed by atoms with Gasteiger partial charge in [0.15, 0.2) is 0 Å². The quantitative estimate of drug-likeness (QED) is 0.477. The van der Waals surface area contributed by atoms with Gasteiger partial charge in [0.05, 0.1) is 17.4 Å². The highest BCUT2D eigenvalue weighted by Gasteiger charge is 2.20. The maximum absolute atomic E-state index is 10.3. The minimum Gasteiger partial charge on any atom is -0.379 e. The summed E-state index contributed by atoms with van der Waals surface area (Å²) in [6, 6.07) is 8.58. The highest BCUT2D eigenvalue weighted by molar-refractivity contribution is 6.00. The molecule has 1 atom stereocenters. The second-order valence-corrected chi connectivity index (χ2v) is 8.11. The smallest absolute Gasteiger partial charge is 0.139 e. The first-order valence-electron chi connectivity index (χ1n) is 10.8. The number of aliphatic hydroxyl groups excluding tert-OH is 1. The third kappa shape index (κ3) is 3.55. The normalized spacial score (nSPS) is 18.9. The molecular weight excluding hydrogens is 376 g/mol. The van der Waals surface area contributed by atoms with Gasteiger partial charge in [0.1, 0.15) is 11.9 Å². The van der Waals surface area contributed by atoms with E-state index in [2.05, 4.69) is 49.5 Å². The minimum absolute atomic E-state index is 0.468. The van der Waals surface area contributed by atoms with Crippen LogP contribution in [0.2, 0.25) is 0 Å². The molecular formula is C23H28N6O. The number of hydrogen-bond acceptors (Lipinski definition) is 5. The topological polar surface area (TPSA) is 82.0 Å². The number of aliphatic hydroxyl groups is 1. The summed E-state index contributed by atoms with van der Waals surface area (Å²) in [6.07, 6.45) is 9.42. The summed E-state index contributed by atoms with van der Waals surface area (Å²) in [7, 11) is 1.96. The molecule has 3 N–H and O–H groups in total. The van der Waals surface area contributed by atoms with E-state index >= 15 is 0 Å². The molecule has 1 aliphatic rings. The predicted octanol–water partition coefficient (Wildman–Crippen LogP) is 3.41. The van der Waals surface area contributed by atoms with Gasteiger partial charge in [0.2, 0.25) is 0 Å². The van der Waals surface area contributed by atoms with Gasteiger partial charge < -0.3 is 15.0 Å². The zero-order chi connectivity index (χ0) is 20.5. The van der Waals surface area contributed by atoms with Gasteiger partial charge in [-0.3, -0.25) is 10.00 Å². The van der Waals surface area contributed by atoms with Crippen molar-refractivity contribution in [3.05, 3.63) is 42.9 Å². The summed E-state index contributed by atoms with van der Waals surface area (Å²) >= 11 is 0. The summed E-state index contributed by atoms with van der Waals surface area (Å²) < 4.78 is 1.90. The van der Waals surface area contributed by atoms with Gasteiger partial charge in [0.25, 0.3) is 0 Å². The molecule has 7 nitrogen and oxygen atoms in total. The molecule has 0 saturated carbocycles. The number of pyridine rings is 1. The van der Waals surface area contributed by atoms with Crippen LogP contribution in [0.5, 0.6) is 0 Å². The van der Waals surface area contributed by atoms with Crippen LogP contribution >= 0.6 is 0 Å². The Morgan fingerprint density at radius 2 is 2.03 bits per heavy atom. The number of benzene rings is 1. The van der Waals surface area contributed by atoms with Crippen molar-refractivity contribution in [3.63, 3.8) is 0 Å². The second-order valence-electron chi connectivity index (χ2n) is 8.11. The van der Waals surface area contributed by atoms with Crippen LogP contribution in [-0.2, 0) is 7.05 Å². The maximum Gasteiger partial charge on any atom is 0.139 e. The van der Waals surface area contributed by atoms with Crippen LogP contribution in [0.15, 0.2) is 42.9 Å². The van der Waals surface area contributed by atoms with E-state index in [0.29, 0.717) is 6.42 Å². The number of H-pyrrole nitrogens is 1. The summed E-state index contributed by atoms with van der Waals surface area (Å²) in [5.74, 6) is 0. The third-order valence-corrected chi connectivity index (χ3v) is 6.09.